The number of nitrogens with zero attached hydrogens (tertiary/aromatic N) is 1. The lowest BCUT2D eigenvalue weighted by Gasteiger charge is -2.19. The van der Waals surface area contributed by atoms with Crippen molar-refractivity contribution in [3.8, 4) is 0 Å². The lowest BCUT2D eigenvalue weighted by Crippen LogP contribution is -2.27. The zero-order valence-corrected chi connectivity index (χ0v) is 10.4. The molecule has 1 N–H and O–H groups in total. The van der Waals surface area contributed by atoms with E-state index >= 15 is 0 Å². The average Bonchev–Trinajstić information content (AvgIpc) is 2.62. The van der Waals surface area contributed by atoms with E-state index in [4.69, 9.17) is 4.52 Å². The van der Waals surface area contributed by atoms with Gasteiger partial charge in [-0.2, -0.15) is 0 Å². The van der Waals surface area contributed by atoms with E-state index in [-0.39, 0.29) is 11.2 Å². The van der Waals surface area contributed by atoms with E-state index in [0.717, 1.165) is 29.9 Å². The van der Waals surface area contributed by atoms with Gasteiger partial charge in [0.2, 0.25) is 11.8 Å². The minimum Gasteiger partial charge on any atom is -0.338 e. The molecule has 1 aromatic heterocycles. The molecule has 0 bridgehead atoms. The molecule has 0 aliphatic carbocycles. The average molecular weight is 240 g/mol. The third-order valence-corrected chi connectivity index (χ3v) is 4.24. The number of hydrogen-bond acceptors (Lipinski definition) is 4. The summed E-state index contributed by atoms with van der Waals surface area (Å²) in [5.74, 6) is 1.62. The Labute approximate surface area is 99.1 Å². The molecule has 5 heteroatoms. The standard InChI is InChI=1S/C11H16N2O2S/c1-7-8(2)13-15-11(7)12-10(14)9-5-3-4-6-16-9/h9H,3-6H2,1-2H3,(H,12,14). The third-order valence-electron chi connectivity index (χ3n) is 2.87. The Morgan fingerprint density at radius 2 is 2.31 bits per heavy atom. The highest BCUT2D eigenvalue weighted by atomic mass is 32.2. The predicted molar refractivity (Wildman–Crippen MR) is 64.7 cm³/mol. The molecule has 0 saturated carbocycles. The quantitative estimate of drug-likeness (QED) is 0.863. The van der Waals surface area contributed by atoms with Crippen LogP contribution >= 0.6 is 11.8 Å². The molecule has 1 unspecified atom stereocenters. The number of thioether (sulfide) groups is 1. The Kier molecular flexibility index (Phi) is 3.53. The molecule has 4 nitrogen and oxygen atoms in total. The summed E-state index contributed by atoms with van der Waals surface area (Å²) in [4.78, 5) is 11.9. The van der Waals surface area contributed by atoms with Gasteiger partial charge >= 0.3 is 0 Å². The highest BCUT2D eigenvalue weighted by molar-refractivity contribution is 8.00. The number of aromatic nitrogens is 1. The number of rotatable bonds is 2. The van der Waals surface area contributed by atoms with Crippen LogP contribution in [0.5, 0.6) is 0 Å². The van der Waals surface area contributed by atoms with Crippen molar-refractivity contribution in [3.05, 3.63) is 11.3 Å². The van der Waals surface area contributed by atoms with Gasteiger partial charge in [-0.1, -0.05) is 11.6 Å². The van der Waals surface area contributed by atoms with Crippen molar-refractivity contribution in [2.75, 3.05) is 11.1 Å². The molecule has 1 aromatic rings. The minimum atomic E-state index is 0.0453. The Morgan fingerprint density at radius 3 is 2.88 bits per heavy atom. The van der Waals surface area contributed by atoms with Crippen molar-refractivity contribution in [2.24, 2.45) is 0 Å². The van der Waals surface area contributed by atoms with E-state index in [1.54, 1.807) is 11.8 Å². The van der Waals surface area contributed by atoms with Crippen LogP contribution in [0.3, 0.4) is 0 Å². The van der Waals surface area contributed by atoms with Crippen LogP contribution in [0, 0.1) is 13.8 Å². The molecule has 2 rings (SSSR count). The second-order valence-electron chi connectivity index (χ2n) is 4.07. The topological polar surface area (TPSA) is 55.1 Å². The largest absolute Gasteiger partial charge is 0.338 e. The summed E-state index contributed by atoms with van der Waals surface area (Å²) < 4.78 is 5.07. The second kappa shape index (κ2) is 4.91. The van der Waals surface area contributed by atoms with Gasteiger partial charge in [0, 0.05) is 5.56 Å². The Balaban J connectivity index is 1.98. The smallest absolute Gasteiger partial charge is 0.239 e. The van der Waals surface area contributed by atoms with E-state index in [1.807, 2.05) is 13.8 Å². The van der Waals surface area contributed by atoms with Crippen LogP contribution in [0.15, 0.2) is 4.52 Å². The minimum absolute atomic E-state index is 0.0453. The first kappa shape index (κ1) is 11.5. The second-order valence-corrected chi connectivity index (χ2v) is 5.38. The Hall–Kier alpha value is -0.970. The zero-order valence-electron chi connectivity index (χ0n) is 9.58. The Morgan fingerprint density at radius 1 is 1.50 bits per heavy atom. The fraction of sp³-hybridized carbons (Fsp3) is 0.636. The SMILES string of the molecule is Cc1noc(NC(=O)C2CCCCS2)c1C. The van der Waals surface area contributed by atoms with Crippen molar-refractivity contribution in [2.45, 2.75) is 38.4 Å². The van der Waals surface area contributed by atoms with Crippen LogP contribution in [0.1, 0.15) is 30.5 Å². The summed E-state index contributed by atoms with van der Waals surface area (Å²) in [6.07, 6.45) is 3.32. The van der Waals surface area contributed by atoms with Gasteiger partial charge in [0.05, 0.1) is 10.9 Å². The number of carbonyl (C=O) groups excluding carboxylic acids is 1. The van der Waals surface area contributed by atoms with Gasteiger partial charge in [-0.05, 0) is 32.4 Å². The van der Waals surface area contributed by atoms with Crippen LogP contribution in [0.25, 0.3) is 0 Å². The van der Waals surface area contributed by atoms with E-state index in [2.05, 4.69) is 10.5 Å². The van der Waals surface area contributed by atoms with Crippen LogP contribution in [-0.2, 0) is 4.79 Å². The molecule has 16 heavy (non-hydrogen) atoms. The van der Waals surface area contributed by atoms with Gasteiger partial charge < -0.3 is 4.52 Å². The van der Waals surface area contributed by atoms with Crippen LogP contribution in [0.2, 0.25) is 0 Å². The maximum absolute atomic E-state index is 11.9. The summed E-state index contributed by atoms with van der Waals surface area (Å²) in [7, 11) is 0. The van der Waals surface area contributed by atoms with Crippen LogP contribution in [0.4, 0.5) is 5.88 Å². The van der Waals surface area contributed by atoms with Gasteiger partial charge in [0.1, 0.15) is 0 Å². The molecule has 1 aliphatic heterocycles. The molecule has 2 heterocycles. The van der Waals surface area contributed by atoms with Gasteiger partial charge in [0.25, 0.3) is 0 Å². The number of amides is 1. The molecule has 1 fully saturated rings. The van der Waals surface area contributed by atoms with E-state index in [9.17, 15) is 4.79 Å². The number of nitrogens with one attached hydrogen (secondary N) is 1. The van der Waals surface area contributed by atoms with Crippen molar-refractivity contribution < 1.29 is 9.32 Å². The van der Waals surface area contributed by atoms with Gasteiger partial charge in [-0.25, -0.2) is 0 Å². The summed E-state index contributed by atoms with van der Waals surface area (Å²) in [6, 6.07) is 0. The molecular formula is C11H16N2O2S. The first-order chi connectivity index (χ1) is 7.68. The van der Waals surface area contributed by atoms with Crippen molar-refractivity contribution in [3.63, 3.8) is 0 Å². The number of carbonyl (C=O) groups is 1. The molecule has 0 aromatic carbocycles. The predicted octanol–water partition coefficient (Wildman–Crippen LogP) is 2.52. The molecule has 0 radical (unpaired) electrons. The van der Waals surface area contributed by atoms with E-state index < -0.39 is 0 Å². The summed E-state index contributed by atoms with van der Waals surface area (Å²) in [5, 5.41) is 6.70. The van der Waals surface area contributed by atoms with Crippen LogP contribution in [-0.4, -0.2) is 22.1 Å². The fourth-order valence-electron chi connectivity index (χ4n) is 1.67. The molecule has 1 atom stereocenters. The number of anilines is 1. The van der Waals surface area contributed by atoms with E-state index in [1.165, 1.54) is 6.42 Å². The highest BCUT2D eigenvalue weighted by Crippen LogP contribution is 2.27. The van der Waals surface area contributed by atoms with Crippen molar-refractivity contribution >= 4 is 23.6 Å². The lowest BCUT2D eigenvalue weighted by atomic mass is 10.2. The first-order valence-corrected chi connectivity index (χ1v) is 6.58. The number of hydrogen-bond donors (Lipinski definition) is 1. The summed E-state index contributed by atoms with van der Waals surface area (Å²) in [5.41, 5.74) is 1.74. The molecule has 1 amide bonds. The first-order valence-electron chi connectivity index (χ1n) is 5.54. The highest BCUT2D eigenvalue weighted by Gasteiger charge is 2.23. The monoisotopic (exact) mass is 240 g/mol. The van der Waals surface area contributed by atoms with Gasteiger partial charge in [-0.3, -0.25) is 10.1 Å². The summed E-state index contributed by atoms with van der Waals surface area (Å²) >= 11 is 1.73. The van der Waals surface area contributed by atoms with Crippen molar-refractivity contribution in [1.82, 2.24) is 5.16 Å². The molecule has 0 spiro atoms. The molecule has 88 valence electrons. The fourth-order valence-corrected chi connectivity index (χ4v) is 2.87. The number of aryl methyl sites for hydroxylation is 1. The van der Waals surface area contributed by atoms with Crippen molar-refractivity contribution in [1.29, 1.82) is 0 Å². The van der Waals surface area contributed by atoms with Gasteiger partial charge in [0.15, 0.2) is 0 Å². The maximum Gasteiger partial charge on any atom is 0.239 e. The Bertz CT molecular complexity index is 383. The van der Waals surface area contributed by atoms with Crippen LogP contribution < -0.4 is 5.32 Å². The van der Waals surface area contributed by atoms with Gasteiger partial charge in [-0.15, -0.1) is 11.8 Å². The molecular weight excluding hydrogens is 224 g/mol. The normalized spacial score (nSPS) is 20.8. The maximum atomic E-state index is 11.9. The van der Waals surface area contributed by atoms with E-state index in [0.29, 0.717) is 5.88 Å². The summed E-state index contributed by atoms with van der Waals surface area (Å²) in [6.45, 7) is 3.76. The molecule has 1 saturated heterocycles. The zero-order chi connectivity index (χ0) is 11.5. The lowest BCUT2D eigenvalue weighted by molar-refractivity contribution is -0.116. The third kappa shape index (κ3) is 2.40. The molecule has 1 aliphatic rings.